The van der Waals surface area contributed by atoms with Gasteiger partial charge in [-0.05, 0) is 40.3 Å². The number of halogens is 1. The van der Waals surface area contributed by atoms with Gasteiger partial charge in [0.15, 0.2) is 5.82 Å². The number of hydrogen-bond acceptors (Lipinski definition) is 5. The molecule has 3 aromatic rings. The van der Waals surface area contributed by atoms with Crippen molar-refractivity contribution in [3.05, 3.63) is 47.1 Å². The highest BCUT2D eigenvalue weighted by atomic mass is 32.1. The second-order valence-corrected chi connectivity index (χ2v) is 5.40. The zero-order chi connectivity index (χ0) is 15.5. The highest BCUT2D eigenvalue weighted by Crippen LogP contribution is 2.36. The second-order valence-electron chi connectivity index (χ2n) is 4.32. The molecule has 2 aromatic heterocycles. The van der Waals surface area contributed by atoms with Gasteiger partial charge in [-0.1, -0.05) is 12.1 Å². The Morgan fingerprint density at radius 1 is 1.32 bits per heavy atom. The molecule has 110 valence electrons. The maximum Gasteiger partial charge on any atom is 0.328 e. The van der Waals surface area contributed by atoms with Crippen molar-refractivity contribution in [2.24, 2.45) is 0 Å². The molecular formula is C14H9FN4O2S. The van der Waals surface area contributed by atoms with Gasteiger partial charge in [0.05, 0.1) is 0 Å². The van der Waals surface area contributed by atoms with E-state index in [-0.39, 0.29) is 5.82 Å². The van der Waals surface area contributed by atoms with Gasteiger partial charge in [-0.2, -0.15) is 0 Å². The normalized spacial score (nSPS) is 11.1. The Bertz CT molecular complexity index is 825. The molecule has 0 saturated carbocycles. The molecule has 0 aliphatic heterocycles. The van der Waals surface area contributed by atoms with Gasteiger partial charge in [0.1, 0.15) is 5.82 Å². The number of nitrogens with one attached hydrogen (secondary N) is 1. The summed E-state index contributed by atoms with van der Waals surface area (Å²) in [5.41, 5.74) is 1.52. The predicted octanol–water partition coefficient (Wildman–Crippen LogP) is 2.83. The van der Waals surface area contributed by atoms with Crippen molar-refractivity contribution in [2.75, 3.05) is 0 Å². The summed E-state index contributed by atoms with van der Waals surface area (Å²) in [5, 5.41) is 22.3. The first-order valence-corrected chi connectivity index (χ1v) is 7.00. The Labute approximate surface area is 127 Å². The van der Waals surface area contributed by atoms with Gasteiger partial charge in [0.2, 0.25) is 0 Å². The minimum Gasteiger partial charge on any atom is -0.478 e. The summed E-state index contributed by atoms with van der Waals surface area (Å²) in [6, 6.07) is 7.90. The number of tetrazole rings is 1. The molecule has 1 aromatic carbocycles. The molecule has 8 heteroatoms. The number of aromatic nitrogens is 4. The first kappa shape index (κ1) is 14.1. The molecule has 0 radical (unpaired) electrons. The minimum atomic E-state index is -1.04. The standard InChI is InChI=1S/C14H9FN4O2S/c15-9-3-1-8(2-4-9)12-7-10(14-16-18-19-17-14)11(22-12)5-6-13(20)21/h1-7H,(H,20,21)(H,16,17,18,19). The van der Waals surface area contributed by atoms with Crippen molar-refractivity contribution in [3.63, 3.8) is 0 Å². The summed E-state index contributed by atoms with van der Waals surface area (Å²) in [7, 11) is 0. The smallest absolute Gasteiger partial charge is 0.328 e. The highest BCUT2D eigenvalue weighted by Gasteiger charge is 2.13. The summed E-state index contributed by atoms with van der Waals surface area (Å²) in [6.45, 7) is 0. The number of rotatable bonds is 4. The van der Waals surface area contributed by atoms with Gasteiger partial charge in [-0.25, -0.2) is 14.3 Å². The first-order valence-electron chi connectivity index (χ1n) is 6.18. The van der Waals surface area contributed by atoms with Crippen LogP contribution in [0.25, 0.3) is 27.9 Å². The van der Waals surface area contributed by atoms with Crippen LogP contribution < -0.4 is 0 Å². The Morgan fingerprint density at radius 3 is 2.73 bits per heavy atom. The van der Waals surface area contributed by atoms with Crippen LogP contribution in [0.4, 0.5) is 4.39 Å². The number of H-pyrrole nitrogens is 1. The Balaban J connectivity index is 2.08. The average Bonchev–Trinajstić information content (AvgIpc) is 3.15. The third-order valence-corrected chi connectivity index (χ3v) is 4.02. The summed E-state index contributed by atoms with van der Waals surface area (Å²) >= 11 is 1.37. The molecule has 0 fully saturated rings. The van der Waals surface area contributed by atoms with Crippen LogP contribution in [0.2, 0.25) is 0 Å². The zero-order valence-electron chi connectivity index (χ0n) is 11.0. The third-order valence-electron chi connectivity index (χ3n) is 2.87. The number of nitrogens with zero attached hydrogens (tertiary/aromatic N) is 3. The van der Waals surface area contributed by atoms with E-state index in [4.69, 9.17) is 5.11 Å². The van der Waals surface area contributed by atoms with E-state index in [0.29, 0.717) is 16.3 Å². The number of thiophene rings is 1. The number of carboxylic acid groups (broad SMARTS) is 1. The molecule has 0 spiro atoms. The fraction of sp³-hybridized carbons (Fsp3) is 0. The summed E-state index contributed by atoms with van der Waals surface area (Å²) in [5.74, 6) is -0.918. The van der Waals surface area contributed by atoms with Crippen molar-refractivity contribution in [1.82, 2.24) is 20.6 Å². The number of benzene rings is 1. The summed E-state index contributed by atoms with van der Waals surface area (Å²) < 4.78 is 13.0. The van der Waals surface area contributed by atoms with E-state index < -0.39 is 5.97 Å². The monoisotopic (exact) mass is 316 g/mol. The van der Waals surface area contributed by atoms with Crippen LogP contribution in [-0.4, -0.2) is 31.7 Å². The van der Waals surface area contributed by atoms with Gasteiger partial charge in [0.25, 0.3) is 0 Å². The molecule has 2 heterocycles. The van der Waals surface area contributed by atoms with Crippen molar-refractivity contribution < 1.29 is 14.3 Å². The van der Waals surface area contributed by atoms with Gasteiger partial charge in [-0.3, -0.25) is 0 Å². The first-order chi connectivity index (χ1) is 10.6. The number of carbonyl (C=O) groups is 1. The maximum atomic E-state index is 13.0. The second kappa shape index (κ2) is 5.86. The van der Waals surface area contributed by atoms with Crippen molar-refractivity contribution in [3.8, 4) is 21.8 Å². The lowest BCUT2D eigenvalue weighted by molar-refractivity contribution is -0.131. The van der Waals surface area contributed by atoms with Crippen LogP contribution in [-0.2, 0) is 4.79 Å². The van der Waals surface area contributed by atoms with Gasteiger partial charge in [-0.15, -0.1) is 16.4 Å². The topological polar surface area (TPSA) is 91.8 Å². The van der Waals surface area contributed by atoms with Crippen molar-refractivity contribution >= 4 is 23.4 Å². The SMILES string of the molecule is O=C(O)C=Cc1sc(-c2ccc(F)cc2)cc1-c1nnn[nH]1. The van der Waals surface area contributed by atoms with E-state index in [2.05, 4.69) is 20.6 Å². The van der Waals surface area contributed by atoms with Crippen LogP contribution in [0, 0.1) is 5.82 Å². The minimum absolute atomic E-state index is 0.314. The molecule has 3 rings (SSSR count). The van der Waals surface area contributed by atoms with Gasteiger partial charge < -0.3 is 5.11 Å². The predicted molar refractivity (Wildman–Crippen MR) is 79.6 cm³/mol. The van der Waals surface area contributed by atoms with E-state index in [9.17, 15) is 9.18 Å². The molecule has 0 aliphatic carbocycles. The fourth-order valence-corrected chi connectivity index (χ4v) is 2.96. The van der Waals surface area contributed by atoms with Crippen molar-refractivity contribution in [1.29, 1.82) is 0 Å². The van der Waals surface area contributed by atoms with Crippen LogP contribution in [0.15, 0.2) is 36.4 Å². The molecule has 2 N–H and O–H groups in total. The molecule has 22 heavy (non-hydrogen) atoms. The molecule has 0 amide bonds. The fourth-order valence-electron chi connectivity index (χ4n) is 1.89. The van der Waals surface area contributed by atoms with Gasteiger partial charge in [0, 0.05) is 21.4 Å². The lowest BCUT2D eigenvalue weighted by Gasteiger charge is -1.95. The lowest BCUT2D eigenvalue weighted by Crippen LogP contribution is -1.86. The van der Waals surface area contributed by atoms with Crippen LogP contribution in [0.3, 0.4) is 0 Å². The number of carboxylic acids is 1. The van der Waals surface area contributed by atoms with E-state index in [1.165, 1.54) is 29.5 Å². The molecule has 0 atom stereocenters. The van der Waals surface area contributed by atoms with Crippen molar-refractivity contribution in [2.45, 2.75) is 0 Å². The number of aliphatic carboxylic acids is 1. The Kier molecular flexibility index (Phi) is 3.75. The van der Waals surface area contributed by atoms with Crippen LogP contribution >= 0.6 is 11.3 Å². The Hall–Kier alpha value is -2.87. The van der Waals surface area contributed by atoms with E-state index in [1.807, 2.05) is 6.07 Å². The highest BCUT2D eigenvalue weighted by molar-refractivity contribution is 7.16. The molecule has 0 saturated heterocycles. The summed E-state index contributed by atoms with van der Waals surface area (Å²) in [6.07, 6.45) is 2.53. The quantitative estimate of drug-likeness (QED) is 0.722. The van der Waals surface area contributed by atoms with E-state index in [1.54, 1.807) is 12.1 Å². The zero-order valence-corrected chi connectivity index (χ0v) is 11.8. The van der Waals surface area contributed by atoms with Crippen LogP contribution in [0.1, 0.15) is 4.88 Å². The van der Waals surface area contributed by atoms with Gasteiger partial charge >= 0.3 is 5.97 Å². The molecular weight excluding hydrogens is 307 g/mol. The largest absolute Gasteiger partial charge is 0.478 e. The summed E-state index contributed by atoms with van der Waals surface area (Å²) in [4.78, 5) is 12.3. The lowest BCUT2D eigenvalue weighted by atomic mass is 10.1. The number of hydrogen-bond donors (Lipinski definition) is 2. The molecule has 0 unspecified atom stereocenters. The molecule has 0 bridgehead atoms. The molecule has 6 nitrogen and oxygen atoms in total. The molecule has 0 aliphatic rings. The van der Waals surface area contributed by atoms with Crippen LogP contribution in [0.5, 0.6) is 0 Å². The van der Waals surface area contributed by atoms with E-state index >= 15 is 0 Å². The maximum absolute atomic E-state index is 13.0. The Morgan fingerprint density at radius 2 is 2.09 bits per heavy atom. The third kappa shape index (κ3) is 2.91. The van der Waals surface area contributed by atoms with E-state index in [0.717, 1.165) is 16.5 Å². The number of aromatic amines is 1. The average molecular weight is 316 g/mol.